The van der Waals surface area contributed by atoms with Gasteiger partial charge in [-0.05, 0) is 24.1 Å². The van der Waals surface area contributed by atoms with Gasteiger partial charge in [-0.2, -0.15) is 0 Å². The molecule has 4 heteroatoms. The molecule has 1 unspecified atom stereocenters. The van der Waals surface area contributed by atoms with Gasteiger partial charge in [-0.1, -0.05) is 28.8 Å². The zero-order valence-electron chi connectivity index (χ0n) is 8.10. The van der Waals surface area contributed by atoms with E-state index in [2.05, 4.69) is 9.63 Å². The molecule has 0 bridgehead atoms. The van der Waals surface area contributed by atoms with Gasteiger partial charge in [0.2, 0.25) is 0 Å². The summed E-state index contributed by atoms with van der Waals surface area (Å²) >= 11 is 0. The number of nitrogens with zero attached hydrogens (tertiary/aromatic N) is 2. The summed E-state index contributed by atoms with van der Waals surface area (Å²) in [5, 5.41) is 3.92. The average Bonchev–Trinajstić information content (AvgIpc) is 2.64. The second kappa shape index (κ2) is 2.97. The van der Waals surface area contributed by atoms with Gasteiger partial charge in [0.05, 0.1) is 10.6 Å². The highest BCUT2D eigenvalue weighted by Gasteiger charge is 2.27. The van der Waals surface area contributed by atoms with Gasteiger partial charge in [-0.3, -0.25) is 0 Å². The first-order valence-electron chi connectivity index (χ1n) is 4.63. The Morgan fingerprint density at radius 1 is 1.27 bits per heavy atom. The molecule has 0 N–H and O–H groups in total. The molecule has 1 heterocycles. The Morgan fingerprint density at radius 3 is 2.93 bits per heavy atom. The van der Waals surface area contributed by atoms with Crippen LogP contribution in [0.1, 0.15) is 18.1 Å². The molecular weight excluding hydrogens is 208 g/mol. The van der Waals surface area contributed by atoms with Crippen LogP contribution in [0.4, 0.5) is 0 Å². The highest BCUT2D eigenvalue weighted by atomic mass is 32.2. The quantitative estimate of drug-likeness (QED) is 0.657. The van der Waals surface area contributed by atoms with E-state index in [1.807, 2.05) is 37.3 Å². The van der Waals surface area contributed by atoms with Crippen molar-refractivity contribution in [2.45, 2.75) is 6.92 Å². The summed E-state index contributed by atoms with van der Waals surface area (Å²) in [7, 11) is -1.33. The van der Waals surface area contributed by atoms with Crippen molar-refractivity contribution < 1.29 is 4.21 Å². The third kappa shape index (κ3) is 1.15. The molecule has 0 radical (unpaired) electrons. The van der Waals surface area contributed by atoms with Gasteiger partial charge in [0.25, 0.3) is 0 Å². The fourth-order valence-electron chi connectivity index (χ4n) is 1.90. The van der Waals surface area contributed by atoms with Crippen LogP contribution in [0.25, 0.3) is 11.6 Å². The summed E-state index contributed by atoms with van der Waals surface area (Å²) in [4.78, 5) is 0.781. The minimum Gasteiger partial charge on any atom is -0.228 e. The van der Waals surface area contributed by atoms with Crippen LogP contribution in [0.2, 0.25) is 0 Å². The fraction of sp³-hybridized carbons (Fsp3) is 0.0909. The van der Waals surface area contributed by atoms with Crippen molar-refractivity contribution in [2.75, 3.05) is 0 Å². The lowest BCUT2D eigenvalue weighted by Crippen LogP contribution is -1.97. The third-order valence-corrected chi connectivity index (χ3v) is 3.51. The van der Waals surface area contributed by atoms with E-state index in [4.69, 9.17) is 0 Å². The molecule has 0 aromatic heterocycles. The summed E-state index contributed by atoms with van der Waals surface area (Å²) in [6, 6.07) is 7.98. The van der Waals surface area contributed by atoms with Gasteiger partial charge in [0.15, 0.2) is 11.0 Å². The largest absolute Gasteiger partial charge is 0.228 e. The Hall–Kier alpha value is -1.55. The SMILES string of the molecule is CC1=C2C(=Cc3ccccc32)S(=O)N=N1. The number of fused-ring (bicyclic) bond motifs is 3. The van der Waals surface area contributed by atoms with E-state index >= 15 is 0 Å². The molecule has 1 atom stereocenters. The van der Waals surface area contributed by atoms with E-state index in [0.717, 1.165) is 27.3 Å². The zero-order chi connectivity index (χ0) is 10.4. The van der Waals surface area contributed by atoms with E-state index in [1.165, 1.54) is 0 Å². The molecule has 3 rings (SSSR count). The van der Waals surface area contributed by atoms with E-state index in [-0.39, 0.29) is 0 Å². The van der Waals surface area contributed by atoms with E-state index < -0.39 is 11.0 Å². The standard InChI is InChI=1S/C11H8N2OS/c1-7-11-9-5-3-2-4-8(9)6-10(11)15(14)13-12-7/h2-6H,1H3. The number of hydrogen-bond donors (Lipinski definition) is 0. The second-order valence-corrected chi connectivity index (χ2v) is 4.59. The van der Waals surface area contributed by atoms with Crippen molar-refractivity contribution in [1.29, 1.82) is 0 Å². The molecule has 0 saturated carbocycles. The van der Waals surface area contributed by atoms with Crippen LogP contribution in [0.5, 0.6) is 0 Å². The first kappa shape index (κ1) is 8.73. The van der Waals surface area contributed by atoms with Crippen molar-refractivity contribution in [3.05, 3.63) is 46.0 Å². The minimum atomic E-state index is -1.33. The summed E-state index contributed by atoms with van der Waals surface area (Å²) in [6.45, 7) is 1.89. The molecule has 1 aliphatic heterocycles. The fourth-order valence-corrected chi connectivity index (χ4v) is 2.84. The Morgan fingerprint density at radius 2 is 2.07 bits per heavy atom. The van der Waals surface area contributed by atoms with Crippen LogP contribution >= 0.6 is 0 Å². The molecule has 1 aromatic carbocycles. The molecule has 3 nitrogen and oxygen atoms in total. The Kier molecular flexibility index (Phi) is 1.73. The van der Waals surface area contributed by atoms with Crippen molar-refractivity contribution >= 4 is 22.6 Å². The first-order valence-corrected chi connectivity index (χ1v) is 5.74. The van der Waals surface area contributed by atoms with Crippen LogP contribution in [0.15, 0.2) is 44.5 Å². The highest BCUT2D eigenvalue weighted by molar-refractivity contribution is 7.88. The molecule has 15 heavy (non-hydrogen) atoms. The van der Waals surface area contributed by atoms with Crippen LogP contribution in [-0.4, -0.2) is 4.21 Å². The Balaban J connectivity index is 2.34. The van der Waals surface area contributed by atoms with Crippen LogP contribution in [-0.2, 0) is 11.0 Å². The molecule has 74 valence electrons. The van der Waals surface area contributed by atoms with E-state index in [9.17, 15) is 4.21 Å². The summed E-state index contributed by atoms with van der Waals surface area (Å²) in [5.74, 6) is 0. The molecule has 1 aromatic rings. The van der Waals surface area contributed by atoms with Crippen LogP contribution in [0.3, 0.4) is 0 Å². The highest BCUT2D eigenvalue weighted by Crippen LogP contribution is 2.41. The zero-order valence-corrected chi connectivity index (χ0v) is 8.91. The maximum Gasteiger partial charge on any atom is 0.192 e. The lowest BCUT2D eigenvalue weighted by atomic mass is 10.1. The van der Waals surface area contributed by atoms with Crippen molar-refractivity contribution in [3.8, 4) is 0 Å². The number of benzene rings is 1. The predicted molar refractivity (Wildman–Crippen MR) is 60.0 cm³/mol. The monoisotopic (exact) mass is 216 g/mol. The minimum absolute atomic E-state index is 0.781. The molecule has 0 spiro atoms. The Bertz CT molecular complexity index is 570. The normalized spacial score (nSPS) is 22.5. The predicted octanol–water partition coefficient (Wildman–Crippen LogP) is 2.90. The molecular formula is C11H8N2OS. The number of hydrogen-bond acceptors (Lipinski definition) is 2. The van der Waals surface area contributed by atoms with Gasteiger partial charge in [0.1, 0.15) is 0 Å². The lowest BCUT2D eigenvalue weighted by Gasteiger charge is -2.09. The molecule has 2 aliphatic rings. The maximum atomic E-state index is 11.6. The lowest BCUT2D eigenvalue weighted by molar-refractivity contribution is 0.686. The van der Waals surface area contributed by atoms with Gasteiger partial charge in [-0.25, -0.2) is 4.21 Å². The average molecular weight is 216 g/mol. The summed E-state index contributed by atoms with van der Waals surface area (Å²) in [5.41, 5.74) is 4.03. The smallest absolute Gasteiger partial charge is 0.192 e. The van der Waals surface area contributed by atoms with E-state index in [1.54, 1.807) is 0 Å². The molecule has 0 saturated heterocycles. The summed E-state index contributed by atoms with van der Waals surface area (Å²) < 4.78 is 15.3. The first-order chi connectivity index (χ1) is 7.27. The third-order valence-electron chi connectivity index (χ3n) is 2.58. The topological polar surface area (TPSA) is 41.8 Å². The Labute approximate surface area is 89.8 Å². The van der Waals surface area contributed by atoms with E-state index in [0.29, 0.717) is 0 Å². The van der Waals surface area contributed by atoms with Crippen LogP contribution < -0.4 is 0 Å². The van der Waals surface area contributed by atoms with Gasteiger partial charge in [0, 0.05) is 5.57 Å². The number of allylic oxidation sites excluding steroid dienone is 2. The van der Waals surface area contributed by atoms with Crippen molar-refractivity contribution in [1.82, 2.24) is 0 Å². The molecule has 1 aliphatic carbocycles. The van der Waals surface area contributed by atoms with Gasteiger partial charge < -0.3 is 0 Å². The molecule has 0 amide bonds. The summed E-state index contributed by atoms with van der Waals surface area (Å²) in [6.07, 6.45) is 1.93. The second-order valence-electron chi connectivity index (χ2n) is 3.49. The van der Waals surface area contributed by atoms with Crippen LogP contribution in [0, 0.1) is 0 Å². The van der Waals surface area contributed by atoms with Gasteiger partial charge >= 0.3 is 0 Å². The maximum absolute atomic E-state index is 11.6. The molecule has 0 fully saturated rings. The van der Waals surface area contributed by atoms with Crippen molar-refractivity contribution in [2.24, 2.45) is 9.63 Å². The number of rotatable bonds is 0. The van der Waals surface area contributed by atoms with Gasteiger partial charge in [-0.15, -0.1) is 5.11 Å². The van der Waals surface area contributed by atoms with Crippen molar-refractivity contribution in [3.63, 3.8) is 0 Å².